The number of aryl methyl sites for hydroxylation is 2. The van der Waals surface area contributed by atoms with E-state index in [4.69, 9.17) is 4.74 Å². The molecule has 148 valence electrons. The number of benzene rings is 2. The van der Waals surface area contributed by atoms with Gasteiger partial charge in [0.15, 0.2) is 4.96 Å². The SMILES string of the molecule is Cc1cccc(C)c1OCCNC(=O)Cc1csc2nc(-c3ccccc3)cn12. The van der Waals surface area contributed by atoms with Crippen LogP contribution in [0.4, 0.5) is 0 Å². The Kier molecular flexibility index (Phi) is 5.62. The van der Waals surface area contributed by atoms with Gasteiger partial charge in [0.1, 0.15) is 12.4 Å². The minimum atomic E-state index is -0.0234. The lowest BCUT2D eigenvalue weighted by Gasteiger charge is -2.12. The van der Waals surface area contributed by atoms with Crippen molar-refractivity contribution in [1.29, 1.82) is 0 Å². The molecule has 0 saturated heterocycles. The van der Waals surface area contributed by atoms with Crippen molar-refractivity contribution in [2.45, 2.75) is 20.3 Å². The zero-order valence-electron chi connectivity index (χ0n) is 16.5. The van der Waals surface area contributed by atoms with Crippen LogP contribution in [-0.2, 0) is 11.2 Å². The van der Waals surface area contributed by atoms with Crippen molar-refractivity contribution in [3.63, 3.8) is 0 Å². The zero-order chi connectivity index (χ0) is 20.2. The molecular formula is C23H23N3O2S. The number of hydrogen-bond acceptors (Lipinski definition) is 4. The van der Waals surface area contributed by atoms with Gasteiger partial charge in [-0.2, -0.15) is 0 Å². The molecule has 6 heteroatoms. The molecule has 29 heavy (non-hydrogen) atoms. The van der Waals surface area contributed by atoms with Crippen molar-refractivity contribution in [1.82, 2.24) is 14.7 Å². The number of para-hydroxylation sites is 1. The van der Waals surface area contributed by atoms with Gasteiger partial charge in [-0.3, -0.25) is 9.20 Å². The van der Waals surface area contributed by atoms with Crippen molar-refractivity contribution in [3.8, 4) is 17.0 Å². The van der Waals surface area contributed by atoms with Gasteiger partial charge in [-0.15, -0.1) is 11.3 Å². The Morgan fingerprint density at radius 3 is 2.62 bits per heavy atom. The van der Waals surface area contributed by atoms with Gasteiger partial charge in [0.2, 0.25) is 5.91 Å². The average Bonchev–Trinajstić information content (AvgIpc) is 3.30. The quantitative estimate of drug-likeness (QED) is 0.463. The highest BCUT2D eigenvalue weighted by Gasteiger charge is 2.12. The van der Waals surface area contributed by atoms with Crippen LogP contribution in [0.25, 0.3) is 16.2 Å². The fourth-order valence-electron chi connectivity index (χ4n) is 3.30. The van der Waals surface area contributed by atoms with Crippen LogP contribution in [0.1, 0.15) is 16.8 Å². The molecule has 0 radical (unpaired) electrons. The van der Waals surface area contributed by atoms with Crippen molar-refractivity contribution in [2.75, 3.05) is 13.2 Å². The Balaban J connectivity index is 1.34. The third-order valence-corrected chi connectivity index (χ3v) is 5.66. The van der Waals surface area contributed by atoms with Gasteiger partial charge in [0.25, 0.3) is 0 Å². The van der Waals surface area contributed by atoms with Crippen molar-refractivity contribution < 1.29 is 9.53 Å². The minimum Gasteiger partial charge on any atom is -0.491 e. The predicted octanol–water partition coefficient (Wildman–Crippen LogP) is 4.42. The van der Waals surface area contributed by atoms with Crippen LogP contribution in [0.5, 0.6) is 5.75 Å². The molecule has 0 unspecified atom stereocenters. The number of fused-ring (bicyclic) bond motifs is 1. The van der Waals surface area contributed by atoms with E-state index in [1.54, 1.807) is 11.3 Å². The maximum atomic E-state index is 12.4. The molecule has 1 amide bonds. The van der Waals surface area contributed by atoms with E-state index < -0.39 is 0 Å². The molecule has 0 aliphatic carbocycles. The molecule has 0 saturated carbocycles. The number of nitrogens with zero attached hydrogens (tertiary/aromatic N) is 2. The van der Waals surface area contributed by atoms with Gasteiger partial charge in [-0.25, -0.2) is 4.98 Å². The summed E-state index contributed by atoms with van der Waals surface area (Å²) in [5.74, 6) is 0.873. The maximum Gasteiger partial charge on any atom is 0.226 e. The van der Waals surface area contributed by atoms with Crippen LogP contribution >= 0.6 is 11.3 Å². The Hall–Kier alpha value is -3.12. The Morgan fingerprint density at radius 2 is 1.86 bits per heavy atom. The van der Waals surface area contributed by atoms with E-state index in [1.165, 1.54) is 0 Å². The summed E-state index contributed by atoms with van der Waals surface area (Å²) in [5, 5.41) is 4.93. The van der Waals surface area contributed by atoms with Crippen LogP contribution in [0.3, 0.4) is 0 Å². The van der Waals surface area contributed by atoms with E-state index in [0.29, 0.717) is 19.6 Å². The molecule has 2 aromatic carbocycles. The lowest BCUT2D eigenvalue weighted by Crippen LogP contribution is -2.29. The van der Waals surface area contributed by atoms with Gasteiger partial charge >= 0.3 is 0 Å². The topological polar surface area (TPSA) is 55.6 Å². The van der Waals surface area contributed by atoms with E-state index in [1.807, 2.05) is 78.4 Å². The van der Waals surface area contributed by atoms with Crippen molar-refractivity contribution in [2.24, 2.45) is 0 Å². The smallest absolute Gasteiger partial charge is 0.226 e. The van der Waals surface area contributed by atoms with E-state index in [2.05, 4.69) is 10.3 Å². The molecule has 4 rings (SSSR count). The Bertz CT molecular complexity index is 1110. The first-order chi connectivity index (χ1) is 14.1. The number of rotatable bonds is 7. The summed E-state index contributed by atoms with van der Waals surface area (Å²) in [6.07, 6.45) is 2.31. The number of amides is 1. The summed E-state index contributed by atoms with van der Waals surface area (Å²) in [4.78, 5) is 17.9. The van der Waals surface area contributed by atoms with Crippen molar-refractivity contribution >= 4 is 22.2 Å². The summed E-state index contributed by atoms with van der Waals surface area (Å²) in [6, 6.07) is 16.1. The third kappa shape index (κ3) is 4.32. The summed E-state index contributed by atoms with van der Waals surface area (Å²) in [7, 11) is 0. The molecule has 0 aliphatic heterocycles. The number of ether oxygens (including phenoxy) is 1. The summed E-state index contributed by atoms with van der Waals surface area (Å²) >= 11 is 1.55. The molecule has 2 heterocycles. The lowest BCUT2D eigenvalue weighted by atomic mass is 10.1. The fraction of sp³-hybridized carbons (Fsp3) is 0.217. The first-order valence-corrected chi connectivity index (χ1v) is 10.5. The number of nitrogens with one attached hydrogen (secondary N) is 1. The number of carbonyl (C=O) groups is 1. The Labute approximate surface area is 174 Å². The number of carbonyl (C=O) groups excluding carboxylic acids is 1. The van der Waals surface area contributed by atoms with Crippen molar-refractivity contribution in [3.05, 3.63) is 76.9 Å². The molecule has 2 aromatic heterocycles. The number of aromatic nitrogens is 2. The largest absolute Gasteiger partial charge is 0.491 e. The van der Waals surface area contributed by atoms with Crippen LogP contribution in [0.15, 0.2) is 60.1 Å². The van der Waals surface area contributed by atoms with E-state index in [9.17, 15) is 4.79 Å². The standard InChI is InChI=1S/C23H23N3O2S/c1-16-7-6-8-17(2)22(16)28-12-11-24-21(27)13-19-15-29-23-25-20(14-26(19)23)18-9-4-3-5-10-18/h3-10,14-15H,11-13H2,1-2H3,(H,24,27). The average molecular weight is 406 g/mol. The van der Waals surface area contributed by atoms with Gasteiger partial charge in [0.05, 0.1) is 18.7 Å². The number of imidazole rings is 1. The summed E-state index contributed by atoms with van der Waals surface area (Å²) in [6.45, 7) is 4.97. The van der Waals surface area contributed by atoms with Gasteiger partial charge in [0, 0.05) is 22.8 Å². The molecular weight excluding hydrogens is 382 g/mol. The van der Waals surface area contributed by atoms with E-state index >= 15 is 0 Å². The number of hydrogen-bond donors (Lipinski definition) is 1. The van der Waals surface area contributed by atoms with E-state index in [-0.39, 0.29) is 5.91 Å². The molecule has 1 N–H and O–H groups in total. The molecule has 5 nitrogen and oxygen atoms in total. The van der Waals surface area contributed by atoms with Crippen LogP contribution in [0, 0.1) is 13.8 Å². The minimum absolute atomic E-state index is 0.0234. The summed E-state index contributed by atoms with van der Waals surface area (Å²) < 4.78 is 7.85. The summed E-state index contributed by atoms with van der Waals surface area (Å²) in [5.41, 5.74) is 5.13. The molecule has 0 aliphatic rings. The zero-order valence-corrected chi connectivity index (χ0v) is 17.3. The third-order valence-electron chi connectivity index (χ3n) is 4.77. The highest BCUT2D eigenvalue weighted by Crippen LogP contribution is 2.24. The lowest BCUT2D eigenvalue weighted by molar-refractivity contribution is -0.120. The highest BCUT2D eigenvalue weighted by molar-refractivity contribution is 7.15. The molecule has 0 atom stereocenters. The second kappa shape index (κ2) is 8.49. The Morgan fingerprint density at radius 1 is 1.10 bits per heavy atom. The van der Waals surface area contributed by atoms with Gasteiger partial charge < -0.3 is 10.1 Å². The highest BCUT2D eigenvalue weighted by atomic mass is 32.1. The first-order valence-electron chi connectivity index (χ1n) is 9.58. The van der Waals surface area contributed by atoms with Crippen LogP contribution in [-0.4, -0.2) is 28.4 Å². The first kappa shape index (κ1) is 19.2. The second-order valence-corrected chi connectivity index (χ2v) is 7.80. The molecule has 0 spiro atoms. The fourth-order valence-corrected chi connectivity index (χ4v) is 4.17. The number of thiazole rings is 1. The monoisotopic (exact) mass is 405 g/mol. The van der Waals surface area contributed by atoms with Gasteiger partial charge in [-0.05, 0) is 25.0 Å². The van der Waals surface area contributed by atoms with Crippen LogP contribution < -0.4 is 10.1 Å². The predicted molar refractivity (Wildman–Crippen MR) is 117 cm³/mol. The second-order valence-electron chi connectivity index (χ2n) is 6.97. The maximum absolute atomic E-state index is 12.4. The normalized spacial score (nSPS) is 11.0. The van der Waals surface area contributed by atoms with Crippen LogP contribution in [0.2, 0.25) is 0 Å². The molecule has 4 aromatic rings. The molecule has 0 bridgehead atoms. The molecule has 0 fully saturated rings. The van der Waals surface area contributed by atoms with Gasteiger partial charge in [-0.1, -0.05) is 48.5 Å². The van der Waals surface area contributed by atoms with E-state index in [0.717, 1.165) is 38.8 Å².